The highest BCUT2D eigenvalue weighted by Crippen LogP contribution is 2.15. The molecule has 0 saturated heterocycles. The van der Waals surface area contributed by atoms with E-state index in [-0.39, 0.29) is 6.10 Å². The summed E-state index contributed by atoms with van der Waals surface area (Å²) in [6.45, 7) is 4.04. The van der Waals surface area contributed by atoms with Gasteiger partial charge in [-0.05, 0) is 44.8 Å². The second-order valence-electron chi connectivity index (χ2n) is 4.67. The highest BCUT2D eigenvalue weighted by Gasteiger charge is 2.04. The molecule has 0 aromatic heterocycles. The zero-order valence-corrected chi connectivity index (χ0v) is 11.5. The molecule has 0 fully saturated rings. The minimum absolute atomic E-state index is 0.365. The van der Waals surface area contributed by atoms with Crippen molar-refractivity contribution < 1.29 is 9.84 Å². The van der Waals surface area contributed by atoms with Gasteiger partial charge in [0, 0.05) is 18.8 Å². The molecule has 1 rings (SSSR count). The van der Waals surface area contributed by atoms with Crippen LogP contribution in [0.4, 0.5) is 5.69 Å². The predicted molar refractivity (Wildman–Crippen MR) is 75.3 cm³/mol. The van der Waals surface area contributed by atoms with Crippen molar-refractivity contribution in [3.8, 4) is 5.75 Å². The molecule has 2 N–H and O–H groups in total. The number of aliphatic hydroxyl groups is 1. The van der Waals surface area contributed by atoms with Crippen LogP contribution in [0.2, 0.25) is 0 Å². The maximum Gasteiger partial charge on any atom is 0.119 e. The molecule has 0 aliphatic rings. The average molecular weight is 252 g/mol. The summed E-state index contributed by atoms with van der Waals surface area (Å²) in [6.07, 6.45) is 0.646. The van der Waals surface area contributed by atoms with Crippen molar-refractivity contribution >= 4 is 5.69 Å². The molecule has 1 atom stereocenters. The highest BCUT2D eigenvalue weighted by molar-refractivity contribution is 5.46. The smallest absolute Gasteiger partial charge is 0.119 e. The number of anilines is 1. The number of nitrogens with zero attached hydrogens (tertiary/aromatic N) is 1. The normalized spacial score (nSPS) is 12.5. The van der Waals surface area contributed by atoms with Gasteiger partial charge < -0.3 is 20.1 Å². The second-order valence-corrected chi connectivity index (χ2v) is 4.67. The first-order chi connectivity index (χ1) is 8.61. The third kappa shape index (κ3) is 5.89. The van der Waals surface area contributed by atoms with Crippen LogP contribution in [0.5, 0.6) is 5.75 Å². The van der Waals surface area contributed by atoms with E-state index in [0.29, 0.717) is 13.1 Å². The Morgan fingerprint density at radius 2 is 1.94 bits per heavy atom. The van der Waals surface area contributed by atoms with Gasteiger partial charge in [0.15, 0.2) is 0 Å². The Balaban J connectivity index is 2.34. The summed E-state index contributed by atoms with van der Waals surface area (Å²) < 4.78 is 5.50. The summed E-state index contributed by atoms with van der Waals surface area (Å²) in [6, 6.07) is 7.81. The molecule has 4 heteroatoms. The van der Waals surface area contributed by atoms with Crippen LogP contribution >= 0.6 is 0 Å². The maximum atomic E-state index is 9.72. The zero-order valence-electron chi connectivity index (χ0n) is 11.5. The van der Waals surface area contributed by atoms with Crippen LogP contribution in [0.3, 0.4) is 0 Å². The Kier molecular flexibility index (Phi) is 6.54. The maximum absolute atomic E-state index is 9.72. The Hall–Kier alpha value is -1.26. The molecule has 0 radical (unpaired) electrons. The SMILES string of the molecule is CCCOc1ccc(NCC(O)CN(C)C)cc1. The van der Waals surface area contributed by atoms with Crippen LogP contribution < -0.4 is 10.1 Å². The molecule has 0 heterocycles. The van der Waals surface area contributed by atoms with Gasteiger partial charge in [-0.3, -0.25) is 0 Å². The fourth-order valence-corrected chi connectivity index (χ4v) is 1.61. The molecule has 4 nitrogen and oxygen atoms in total. The number of nitrogens with one attached hydrogen (secondary N) is 1. The lowest BCUT2D eigenvalue weighted by Gasteiger charge is -2.17. The number of benzene rings is 1. The Morgan fingerprint density at radius 3 is 2.50 bits per heavy atom. The highest BCUT2D eigenvalue weighted by atomic mass is 16.5. The third-order valence-electron chi connectivity index (χ3n) is 2.44. The van der Waals surface area contributed by atoms with E-state index < -0.39 is 0 Å². The minimum atomic E-state index is -0.365. The van der Waals surface area contributed by atoms with E-state index in [4.69, 9.17) is 4.74 Å². The van der Waals surface area contributed by atoms with E-state index >= 15 is 0 Å². The van der Waals surface area contributed by atoms with E-state index in [1.165, 1.54) is 0 Å². The molecule has 0 saturated carbocycles. The number of hydrogen-bond acceptors (Lipinski definition) is 4. The lowest BCUT2D eigenvalue weighted by Crippen LogP contribution is -2.31. The monoisotopic (exact) mass is 252 g/mol. The van der Waals surface area contributed by atoms with Gasteiger partial charge >= 0.3 is 0 Å². The number of likely N-dealkylation sites (N-methyl/N-ethyl adjacent to an activating group) is 1. The second kappa shape index (κ2) is 7.95. The molecule has 1 unspecified atom stereocenters. The number of hydrogen-bond donors (Lipinski definition) is 2. The molecule has 1 aromatic carbocycles. The van der Waals surface area contributed by atoms with Gasteiger partial charge in [-0.2, -0.15) is 0 Å². The van der Waals surface area contributed by atoms with Crippen LogP contribution in [0.15, 0.2) is 24.3 Å². The van der Waals surface area contributed by atoms with E-state index in [9.17, 15) is 5.11 Å². The van der Waals surface area contributed by atoms with Crippen LogP contribution in [0.25, 0.3) is 0 Å². The molecule has 102 valence electrons. The Labute approximate surface area is 110 Å². The fourth-order valence-electron chi connectivity index (χ4n) is 1.61. The van der Waals surface area contributed by atoms with Crippen LogP contribution in [-0.2, 0) is 0 Å². The van der Waals surface area contributed by atoms with E-state index in [1.54, 1.807) is 0 Å². The van der Waals surface area contributed by atoms with E-state index in [1.807, 2.05) is 43.3 Å². The topological polar surface area (TPSA) is 44.7 Å². The number of aliphatic hydroxyl groups excluding tert-OH is 1. The van der Waals surface area contributed by atoms with Crippen molar-refractivity contribution in [3.63, 3.8) is 0 Å². The lowest BCUT2D eigenvalue weighted by molar-refractivity contribution is 0.148. The van der Waals surface area contributed by atoms with Crippen LogP contribution in [0, 0.1) is 0 Å². The zero-order chi connectivity index (χ0) is 13.4. The van der Waals surface area contributed by atoms with Crippen molar-refractivity contribution in [3.05, 3.63) is 24.3 Å². The van der Waals surface area contributed by atoms with Crippen molar-refractivity contribution in [2.45, 2.75) is 19.4 Å². The first-order valence-corrected chi connectivity index (χ1v) is 6.41. The van der Waals surface area contributed by atoms with Gasteiger partial charge in [0.1, 0.15) is 5.75 Å². The summed E-state index contributed by atoms with van der Waals surface area (Å²) >= 11 is 0. The summed E-state index contributed by atoms with van der Waals surface area (Å²) in [5, 5.41) is 12.9. The van der Waals surface area contributed by atoms with Gasteiger partial charge in [-0.1, -0.05) is 6.92 Å². The molecular weight excluding hydrogens is 228 g/mol. The van der Waals surface area contributed by atoms with Gasteiger partial charge in [-0.25, -0.2) is 0 Å². The van der Waals surface area contributed by atoms with Crippen molar-refractivity contribution in [2.24, 2.45) is 0 Å². The number of rotatable bonds is 8. The summed E-state index contributed by atoms with van der Waals surface area (Å²) in [7, 11) is 3.90. The first kappa shape index (κ1) is 14.8. The molecule has 0 aliphatic carbocycles. The van der Waals surface area contributed by atoms with Crippen molar-refractivity contribution in [2.75, 3.05) is 39.1 Å². The Bertz CT molecular complexity index is 325. The molecule has 0 amide bonds. The molecule has 1 aromatic rings. The molecule has 0 bridgehead atoms. The summed E-state index contributed by atoms with van der Waals surface area (Å²) in [5.74, 6) is 0.885. The molecular formula is C14H24N2O2. The average Bonchev–Trinajstić information content (AvgIpc) is 2.34. The van der Waals surface area contributed by atoms with E-state index in [0.717, 1.165) is 24.5 Å². The first-order valence-electron chi connectivity index (χ1n) is 6.41. The standard InChI is InChI=1S/C14H24N2O2/c1-4-9-18-14-7-5-12(6-8-14)15-10-13(17)11-16(2)3/h5-8,13,15,17H,4,9-11H2,1-3H3. The number of ether oxygens (including phenoxy) is 1. The Morgan fingerprint density at radius 1 is 1.28 bits per heavy atom. The van der Waals surface area contributed by atoms with Crippen molar-refractivity contribution in [1.82, 2.24) is 4.90 Å². The summed E-state index contributed by atoms with van der Waals surface area (Å²) in [4.78, 5) is 1.97. The third-order valence-corrected chi connectivity index (χ3v) is 2.44. The van der Waals surface area contributed by atoms with E-state index in [2.05, 4.69) is 12.2 Å². The minimum Gasteiger partial charge on any atom is -0.494 e. The van der Waals surface area contributed by atoms with Gasteiger partial charge in [-0.15, -0.1) is 0 Å². The molecule has 0 spiro atoms. The fraction of sp³-hybridized carbons (Fsp3) is 0.571. The molecule has 18 heavy (non-hydrogen) atoms. The summed E-state index contributed by atoms with van der Waals surface area (Å²) in [5.41, 5.74) is 0.997. The van der Waals surface area contributed by atoms with Gasteiger partial charge in [0.2, 0.25) is 0 Å². The quantitative estimate of drug-likeness (QED) is 0.740. The van der Waals surface area contributed by atoms with Gasteiger partial charge in [0.05, 0.1) is 12.7 Å². The molecule has 0 aliphatic heterocycles. The van der Waals surface area contributed by atoms with Crippen LogP contribution in [-0.4, -0.2) is 49.9 Å². The van der Waals surface area contributed by atoms with Gasteiger partial charge in [0.25, 0.3) is 0 Å². The van der Waals surface area contributed by atoms with Crippen molar-refractivity contribution in [1.29, 1.82) is 0 Å². The lowest BCUT2D eigenvalue weighted by atomic mass is 10.2. The predicted octanol–water partition coefficient (Wildman–Crippen LogP) is 1.81. The largest absolute Gasteiger partial charge is 0.494 e. The van der Waals surface area contributed by atoms with Crippen LogP contribution in [0.1, 0.15) is 13.3 Å².